The highest BCUT2D eigenvalue weighted by atomic mass is 79.9. The Labute approximate surface area is 223 Å². The maximum atomic E-state index is 13.1. The lowest BCUT2D eigenvalue weighted by molar-refractivity contribution is -0.135. The number of hydrogen-bond donors (Lipinski definition) is 3. The Kier molecular flexibility index (Phi) is 7.61. The monoisotopic (exact) mass is 611 g/mol. The van der Waals surface area contributed by atoms with Crippen LogP contribution in [0.4, 0.5) is 5.69 Å². The van der Waals surface area contributed by atoms with Gasteiger partial charge in [-0.25, -0.2) is 0 Å². The summed E-state index contributed by atoms with van der Waals surface area (Å²) < 4.78 is 6.99. The molecule has 0 saturated heterocycles. The van der Waals surface area contributed by atoms with Crippen molar-refractivity contribution in [3.63, 3.8) is 0 Å². The van der Waals surface area contributed by atoms with Crippen LogP contribution in [0.5, 0.6) is 23.0 Å². The summed E-state index contributed by atoms with van der Waals surface area (Å²) >= 11 is 6.91. The number of hydrogen-bond acceptors (Lipinski definition) is 5. The summed E-state index contributed by atoms with van der Waals surface area (Å²) in [6.07, 6.45) is 0. The molecular weight excluding hydrogens is 594 g/mol. The van der Waals surface area contributed by atoms with Gasteiger partial charge in [0, 0.05) is 16.8 Å². The molecule has 0 aliphatic rings. The molecule has 0 unspecified atom stereocenters. The normalized spacial score (nSPS) is 10.6. The van der Waals surface area contributed by atoms with E-state index in [2.05, 4.69) is 31.9 Å². The van der Waals surface area contributed by atoms with Crippen LogP contribution in [-0.2, 0) is 4.79 Å². The second-order valence-corrected chi connectivity index (χ2v) is 9.43. The largest absolute Gasteiger partial charge is 0.508 e. The highest BCUT2D eigenvalue weighted by Gasteiger charge is 2.23. The first kappa shape index (κ1) is 25.3. The SMILES string of the molecule is O=C(O)CN(C(=O)c1cccc(O)c1)c1cc(Br)c(Oc2ccc(O)c(-c3ccccc3)c2)c(Br)c1. The van der Waals surface area contributed by atoms with Crippen molar-refractivity contribution < 1.29 is 29.6 Å². The number of phenolic OH excluding ortho intramolecular Hbond substituents is 2. The van der Waals surface area contributed by atoms with Crippen molar-refractivity contribution in [2.45, 2.75) is 0 Å². The number of rotatable bonds is 7. The van der Waals surface area contributed by atoms with Gasteiger partial charge in [-0.1, -0.05) is 36.4 Å². The lowest BCUT2D eigenvalue weighted by Gasteiger charge is -2.23. The predicted octanol–water partition coefficient (Wildman–Crippen LogP) is 6.81. The van der Waals surface area contributed by atoms with Crippen LogP contribution >= 0.6 is 31.9 Å². The zero-order valence-electron chi connectivity index (χ0n) is 18.6. The summed E-state index contributed by atoms with van der Waals surface area (Å²) in [5.74, 6) is -0.939. The molecule has 0 atom stereocenters. The zero-order valence-corrected chi connectivity index (χ0v) is 21.7. The minimum absolute atomic E-state index is 0.106. The number of carboxylic acids is 1. The van der Waals surface area contributed by atoms with Crippen molar-refractivity contribution >= 4 is 49.4 Å². The molecule has 4 aromatic carbocycles. The molecule has 0 fully saturated rings. The van der Waals surface area contributed by atoms with Gasteiger partial charge in [0.25, 0.3) is 5.91 Å². The van der Waals surface area contributed by atoms with Crippen molar-refractivity contribution in [2.75, 3.05) is 11.4 Å². The Morgan fingerprint density at radius 2 is 1.53 bits per heavy atom. The van der Waals surface area contributed by atoms with E-state index in [0.717, 1.165) is 10.5 Å². The van der Waals surface area contributed by atoms with Gasteiger partial charge in [-0.3, -0.25) is 14.5 Å². The molecule has 0 heterocycles. The van der Waals surface area contributed by atoms with Crippen molar-refractivity contribution in [3.8, 4) is 34.1 Å². The van der Waals surface area contributed by atoms with E-state index in [-0.39, 0.29) is 17.1 Å². The summed E-state index contributed by atoms with van der Waals surface area (Å²) in [4.78, 5) is 25.7. The molecule has 182 valence electrons. The van der Waals surface area contributed by atoms with Gasteiger partial charge in [0.2, 0.25) is 0 Å². The number of carbonyl (C=O) groups is 2. The Hall–Kier alpha value is -3.82. The molecule has 0 spiro atoms. The number of ether oxygens (including phenoxy) is 1. The summed E-state index contributed by atoms with van der Waals surface area (Å²) in [6, 6.07) is 23.1. The van der Waals surface area contributed by atoms with Crippen molar-refractivity contribution in [3.05, 3.63) is 99.4 Å². The van der Waals surface area contributed by atoms with E-state index in [9.17, 15) is 24.9 Å². The van der Waals surface area contributed by atoms with Gasteiger partial charge in [-0.15, -0.1) is 0 Å². The third-order valence-corrected chi connectivity index (χ3v) is 6.38. The average molecular weight is 613 g/mol. The molecule has 9 heteroatoms. The van der Waals surface area contributed by atoms with Crippen LogP contribution in [0.1, 0.15) is 10.4 Å². The summed E-state index contributed by atoms with van der Waals surface area (Å²) in [5, 5.41) is 29.5. The first-order chi connectivity index (χ1) is 17.2. The topological polar surface area (TPSA) is 107 Å². The predicted molar refractivity (Wildman–Crippen MR) is 143 cm³/mol. The molecule has 7 nitrogen and oxygen atoms in total. The van der Waals surface area contributed by atoms with Crippen LogP contribution in [0.15, 0.2) is 93.9 Å². The van der Waals surface area contributed by atoms with Gasteiger partial charge in [0.15, 0.2) is 5.75 Å². The van der Waals surface area contributed by atoms with Crippen molar-refractivity contribution in [2.24, 2.45) is 0 Å². The third-order valence-electron chi connectivity index (χ3n) is 5.20. The van der Waals surface area contributed by atoms with E-state index in [0.29, 0.717) is 31.7 Å². The van der Waals surface area contributed by atoms with Crippen LogP contribution in [0.2, 0.25) is 0 Å². The molecule has 4 aromatic rings. The number of halogens is 2. The quantitative estimate of drug-likeness (QED) is 0.212. The van der Waals surface area contributed by atoms with E-state index in [1.165, 1.54) is 30.3 Å². The molecule has 0 saturated carbocycles. The third kappa shape index (κ3) is 5.69. The number of aliphatic carboxylic acids is 1. The molecule has 0 radical (unpaired) electrons. The molecule has 0 aromatic heterocycles. The van der Waals surface area contributed by atoms with Gasteiger partial charge in [-0.05, 0) is 86.0 Å². The first-order valence-electron chi connectivity index (χ1n) is 10.6. The minimum Gasteiger partial charge on any atom is -0.508 e. The van der Waals surface area contributed by atoms with Gasteiger partial charge < -0.3 is 20.1 Å². The van der Waals surface area contributed by atoms with E-state index in [4.69, 9.17) is 4.74 Å². The number of benzene rings is 4. The standard InChI is InChI=1S/C27H19Br2NO6/c28-22-12-18(30(15-25(33)34)27(35)17-7-4-8-19(31)11-17)13-23(29)26(22)36-20-9-10-24(32)21(14-20)16-5-2-1-3-6-16/h1-14,31-32H,15H2,(H,33,34). The summed E-state index contributed by atoms with van der Waals surface area (Å²) in [5.41, 5.74) is 1.86. The second-order valence-electron chi connectivity index (χ2n) is 7.72. The van der Waals surface area contributed by atoms with Gasteiger partial charge in [-0.2, -0.15) is 0 Å². The number of anilines is 1. The second kappa shape index (κ2) is 10.8. The van der Waals surface area contributed by atoms with Crippen LogP contribution in [0.3, 0.4) is 0 Å². The van der Waals surface area contributed by atoms with Crippen molar-refractivity contribution in [1.29, 1.82) is 0 Å². The van der Waals surface area contributed by atoms with E-state index < -0.39 is 18.4 Å². The number of carboxylic acid groups (broad SMARTS) is 1. The fourth-order valence-electron chi connectivity index (χ4n) is 3.56. The van der Waals surface area contributed by atoms with Gasteiger partial charge in [0.05, 0.1) is 8.95 Å². The number of amides is 1. The molecule has 0 aliphatic heterocycles. The summed E-state index contributed by atoms with van der Waals surface area (Å²) in [6.45, 7) is -0.591. The maximum Gasteiger partial charge on any atom is 0.323 e. The molecule has 36 heavy (non-hydrogen) atoms. The number of aromatic hydroxyl groups is 2. The van der Waals surface area contributed by atoms with Crippen LogP contribution in [0, 0.1) is 0 Å². The maximum absolute atomic E-state index is 13.1. The minimum atomic E-state index is -1.20. The lowest BCUT2D eigenvalue weighted by Crippen LogP contribution is -2.35. The van der Waals surface area contributed by atoms with Crippen LogP contribution in [0.25, 0.3) is 11.1 Å². The Morgan fingerprint density at radius 3 is 2.17 bits per heavy atom. The Balaban J connectivity index is 1.67. The number of carbonyl (C=O) groups excluding carboxylic acids is 1. The van der Waals surface area contributed by atoms with E-state index in [1.54, 1.807) is 24.3 Å². The lowest BCUT2D eigenvalue weighted by atomic mass is 10.0. The average Bonchev–Trinajstić information content (AvgIpc) is 2.85. The molecule has 0 aliphatic carbocycles. The van der Waals surface area contributed by atoms with Gasteiger partial charge >= 0.3 is 5.97 Å². The smallest absolute Gasteiger partial charge is 0.323 e. The summed E-state index contributed by atoms with van der Waals surface area (Å²) in [7, 11) is 0. The fourth-order valence-corrected chi connectivity index (χ4v) is 4.88. The van der Waals surface area contributed by atoms with Crippen molar-refractivity contribution in [1.82, 2.24) is 0 Å². The fraction of sp³-hybridized carbons (Fsp3) is 0.0370. The Morgan fingerprint density at radius 1 is 0.833 bits per heavy atom. The van der Waals surface area contributed by atoms with E-state index >= 15 is 0 Å². The first-order valence-corrected chi connectivity index (χ1v) is 12.2. The number of phenols is 2. The van der Waals surface area contributed by atoms with Crippen LogP contribution < -0.4 is 9.64 Å². The zero-order chi connectivity index (χ0) is 25.8. The molecule has 3 N–H and O–H groups in total. The van der Waals surface area contributed by atoms with Crippen LogP contribution in [-0.4, -0.2) is 33.7 Å². The van der Waals surface area contributed by atoms with E-state index in [1.807, 2.05) is 30.3 Å². The highest BCUT2D eigenvalue weighted by molar-refractivity contribution is 9.11. The highest BCUT2D eigenvalue weighted by Crippen LogP contribution is 2.42. The molecule has 1 amide bonds. The molecule has 4 rings (SSSR count). The van der Waals surface area contributed by atoms with Gasteiger partial charge in [0.1, 0.15) is 23.8 Å². The molecule has 0 bridgehead atoms. The Bertz CT molecular complexity index is 1420. The number of nitrogens with zero attached hydrogens (tertiary/aromatic N) is 1. The molecular formula is C27H19Br2NO6.